The van der Waals surface area contributed by atoms with Crippen molar-refractivity contribution in [2.45, 2.75) is 29.6 Å². The highest BCUT2D eigenvalue weighted by Gasteiger charge is 2.07. The van der Waals surface area contributed by atoms with Crippen LogP contribution < -0.4 is 4.74 Å². The van der Waals surface area contributed by atoms with Gasteiger partial charge in [0.1, 0.15) is 5.75 Å². The van der Waals surface area contributed by atoms with E-state index in [0.29, 0.717) is 5.92 Å². The fourth-order valence-electron chi connectivity index (χ4n) is 1.84. The van der Waals surface area contributed by atoms with Gasteiger partial charge in [-0.3, -0.25) is 0 Å². The molecular weight excluding hydrogens is 240 g/mol. The summed E-state index contributed by atoms with van der Waals surface area (Å²) in [6.07, 6.45) is 0. The summed E-state index contributed by atoms with van der Waals surface area (Å²) >= 11 is 1.79. The smallest absolute Gasteiger partial charge is 0.119 e. The molecule has 1 nitrogen and oxygen atoms in total. The van der Waals surface area contributed by atoms with Crippen molar-refractivity contribution in [2.24, 2.45) is 0 Å². The fourth-order valence-corrected chi connectivity index (χ4v) is 2.99. The van der Waals surface area contributed by atoms with Gasteiger partial charge in [-0.15, -0.1) is 0 Å². The van der Waals surface area contributed by atoms with Crippen LogP contribution in [0.2, 0.25) is 0 Å². The Morgan fingerprint density at radius 2 is 1.78 bits per heavy atom. The molecule has 0 saturated carbocycles. The van der Waals surface area contributed by atoms with Crippen molar-refractivity contribution in [3.05, 3.63) is 54.1 Å². The normalized spacial score (nSPS) is 10.7. The first-order chi connectivity index (χ1) is 8.70. The highest BCUT2D eigenvalue weighted by molar-refractivity contribution is 7.99. The van der Waals surface area contributed by atoms with Crippen LogP contribution in [0.25, 0.3) is 0 Å². The van der Waals surface area contributed by atoms with Crippen LogP contribution in [0.3, 0.4) is 0 Å². The van der Waals surface area contributed by atoms with E-state index in [9.17, 15) is 0 Å². The highest BCUT2D eigenvalue weighted by Crippen LogP contribution is 2.34. The topological polar surface area (TPSA) is 9.23 Å². The van der Waals surface area contributed by atoms with Crippen LogP contribution in [0, 0.1) is 0 Å². The van der Waals surface area contributed by atoms with E-state index in [4.69, 9.17) is 4.74 Å². The zero-order chi connectivity index (χ0) is 13.0. The van der Waals surface area contributed by atoms with E-state index in [1.165, 1.54) is 15.4 Å². The summed E-state index contributed by atoms with van der Waals surface area (Å²) in [6.45, 7) is 4.45. The lowest BCUT2D eigenvalue weighted by atomic mass is 10.0. The quantitative estimate of drug-likeness (QED) is 0.765. The largest absolute Gasteiger partial charge is 0.497 e. The van der Waals surface area contributed by atoms with Gasteiger partial charge in [0.05, 0.1) is 7.11 Å². The average Bonchev–Trinajstić information content (AvgIpc) is 2.39. The molecule has 94 valence electrons. The monoisotopic (exact) mass is 258 g/mol. The molecule has 0 fully saturated rings. The first-order valence-corrected chi connectivity index (χ1v) is 6.93. The maximum Gasteiger partial charge on any atom is 0.119 e. The molecule has 0 amide bonds. The molecular formula is C16H18OS. The molecule has 0 saturated heterocycles. The second-order valence-corrected chi connectivity index (χ2v) is 5.59. The number of hydrogen-bond acceptors (Lipinski definition) is 2. The zero-order valence-electron chi connectivity index (χ0n) is 11.0. The molecule has 2 heteroatoms. The van der Waals surface area contributed by atoms with Crippen molar-refractivity contribution >= 4 is 11.8 Å². The Labute approximate surface area is 113 Å². The molecule has 0 aliphatic rings. The van der Waals surface area contributed by atoms with Gasteiger partial charge in [-0.25, -0.2) is 0 Å². The number of ether oxygens (including phenoxy) is 1. The van der Waals surface area contributed by atoms with Gasteiger partial charge in [-0.05, 0) is 35.7 Å². The summed E-state index contributed by atoms with van der Waals surface area (Å²) in [6, 6.07) is 16.8. The van der Waals surface area contributed by atoms with Crippen LogP contribution in [0.5, 0.6) is 5.75 Å². The minimum Gasteiger partial charge on any atom is -0.497 e. The zero-order valence-corrected chi connectivity index (χ0v) is 11.8. The van der Waals surface area contributed by atoms with Crippen LogP contribution in [0.1, 0.15) is 25.3 Å². The molecule has 0 spiro atoms. The van der Waals surface area contributed by atoms with Gasteiger partial charge in [-0.2, -0.15) is 0 Å². The summed E-state index contributed by atoms with van der Waals surface area (Å²) in [5, 5.41) is 0. The van der Waals surface area contributed by atoms with Gasteiger partial charge >= 0.3 is 0 Å². The lowest BCUT2D eigenvalue weighted by Gasteiger charge is -2.12. The Kier molecular flexibility index (Phi) is 4.32. The number of rotatable bonds is 4. The molecule has 2 rings (SSSR count). The Bertz CT molecular complexity index is 520. The summed E-state index contributed by atoms with van der Waals surface area (Å²) < 4.78 is 5.26. The first kappa shape index (κ1) is 13.0. The summed E-state index contributed by atoms with van der Waals surface area (Å²) in [5.74, 6) is 1.45. The Balaban J connectivity index is 2.28. The van der Waals surface area contributed by atoms with Crippen LogP contribution in [0.4, 0.5) is 0 Å². The Morgan fingerprint density at radius 1 is 1.00 bits per heavy atom. The van der Waals surface area contributed by atoms with E-state index >= 15 is 0 Å². The number of methoxy groups -OCH3 is 1. The Morgan fingerprint density at radius 3 is 2.50 bits per heavy atom. The molecule has 0 aliphatic heterocycles. The molecule has 0 atom stereocenters. The van der Waals surface area contributed by atoms with Crippen molar-refractivity contribution in [1.29, 1.82) is 0 Å². The van der Waals surface area contributed by atoms with Crippen molar-refractivity contribution in [3.63, 3.8) is 0 Å². The minimum atomic E-state index is 0.541. The summed E-state index contributed by atoms with van der Waals surface area (Å²) in [4.78, 5) is 2.53. The lowest BCUT2D eigenvalue weighted by Crippen LogP contribution is -1.90. The van der Waals surface area contributed by atoms with Gasteiger partial charge in [0.15, 0.2) is 0 Å². The van der Waals surface area contributed by atoms with Gasteiger partial charge in [0.25, 0.3) is 0 Å². The standard InChI is InChI=1S/C16H18OS/c1-12(2)15-9-4-5-10-16(15)18-14-8-6-7-13(11-14)17-3/h4-12H,1-3H3. The average molecular weight is 258 g/mol. The van der Waals surface area contributed by atoms with E-state index in [1.54, 1.807) is 18.9 Å². The maximum atomic E-state index is 5.26. The van der Waals surface area contributed by atoms with Gasteiger partial charge in [0.2, 0.25) is 0 Å². The third-order valence-electron chi connectivity index (χ3n) is 2.81. The molecule has 0 radical (unpaired) electrons. The van der Waals surface area contributed by atoms with E-state index in [1.807, 2.05) is 12.1 Å². The number of hydrogen-bond donors (Lipinski definition) is 0. The molecule has 18 heavy (non-hydrogen) atoms. The van der Waals surface area contributed by atoms with Crippen molar-refractivity contribution in [1.82, 2.24) is 0 Å². The SMILES string of the molecule is COc1cccc(Sc2ccccc2C(C)C)c1. The van der Waals surface area contributed by atoms with E-state index in [2.05, 4.69) is 50.2 Å². The third-order valence-corrected chi connectivity index (χ3v) is 3.89. The molecule has 0 bridgehead atoms. The van der Waals surface area contributed by atoms with Gasteiger partial charge in [-0.1, -0.05) is 49.9 Å². The van der Waals surface area contributed by atoms with Crippen molar-refractivity contribution in [2.75, 3.05) is 7.11 Å². The van der Waals surface area contributed by atoms with Gasteiger partial charge in [0, 0.05) is 9.79 Å². The van der Waals surface area contributed by atoms with E-state index < -0.39 is 0 Å². The molecule has 0 unspecified atom stereocenters. The molecule has 0 aromatic heterocycles. The summed E-state index contributed by atoms with van der Waals surface area (Å²) in [7, 11) is 1.70. The van der Waals surface area contributed by atoms with Gasteiger partial charge < -0.3 is 4.74 Å². The molecule has 0 heterocycles. The van der Waals surface area contributed by atoms with Crippen LogP contribution in [-0.4, -0.2) is 7.11 Å². The van der Waals surface area contributed by atoms with Crippen LogP contribution in [0.15, 0.2) is 58.3 Å². The molecule has 2 aromatic carbocycles. The third kappa shape index (κ3) is 3.08. The highest BCUT2D eigenvalue weighted by atomic mass is 32.2. The van der Waals surface area contributed by atoms with E-state index in [-0.39, 0.29) is 0 Å². The van der Waals surface area contributed by atoms with Crippen LogP contribution in [-0.2, 0) is 0 Å². The fraction of sp³-hybridized carbons (Fsp3) is 0.250. The minimum absolute atomic E-state index is 0.541. The van der Waals surface area contributed by atoms with E-state index in [0.717, 1.165) is 5.75 Å². The maximum absolute atomic E-state index is 5.26. The van der Waals surface area contributed by atoms with Crippen molar-refractivity contribution < 1.29 is 4.74 Å². The second-order valence-electron chi connectivity index (χ2n) is 4.47. The van der Waals surface area contributed by atoms with Crippen LogP contribution >= 0.6 is 11.8 Å². The predicted octanol–water partition coefficient (Wildman–Crippen LogP) is 4.97. The summed E-state index contributed by atoms with van der Waals surface area (Å²) in [5.41, 5.74) is 1.39. The first-order valence-electron chi connectivity index (χ1n) is 6.11. The molecule has 2 aromatic rings. The van der Waals surface area contributed by atoms with Crippen molar-refractivity contribution in [3.8, 4) is 5.75 Å². The second kappa shape index (κ2) is 5.96. The number of benzene rings is 2. The lowest BCUT2D eigenvalue weighted by molar-refractivity contribution is 0.413. The molecule has 0 N–H and O–H groups in total. The Hall–Kier alpha value is -1.41. The predicted molar refractivity (Wildman–Crippen MR) is 77.6 cm³/mol. The molecule has 0 aliphatic carbocycles.